The Morgan fingerprint density at radius 3 is 2.58 bits per heavy atom. The molecule has 24 heavy (non-hydrogen) atoms. The van der Waals surface area contributed by atoms with E-state index in [4.69, 9.17) is 4.99 Å². The predicted molar refractivity (Wildman–Crippen MR) is 114 cm³/mol. The van der Waals surface area contributed by atoms with E-state index in [0.717, 1.165) is 25.6 Å². The van der Waals surface area contributed by atoms with Crippen molar-refractivity contribution in [1.82, 2.24) is 15.5 Å². The van der Waals surface area contributed by atoms with Crippen LogP contribution >= 0.6 is 24.0 Å². The van der Waals surface area contributed by atoms with Gasteiger partial charge in [0.15, 0.2) is 5.96 Å². The first-order valence-electron chi connectivity index (χ1n) is 8.82. The summed E-state index contributed by atoms with van der Waals surface area (Å²) in [5.41, 5.74) is 1.42. The summed E-state index contributed by atoms with van der Waals surface area (Å²) in [5, 5.41) is 6.81. The van der Waals surface area contributed by atoms with Crippen LogP contribution in [0.15, 0.2) is 35.3 Å². The van der Waals surface area contributed by atoms with Crippen LogP contribution in [0, 0.1) is 0 Å². The minimum atomic E-state index is 0. The molecular formula is C19H33IN4. The summed E-state index contributed by atoms with van der Waals surface area (Å²) in [6.07, 6.45) is 2.52. The standard InChI is InChI=1S/C19H32N4.HI/c1-5-20-18(22-19(2,3)4)21-14-17-12-9-13-23(17)15-16-10-7-6-8-11-16;/h6-8,10-11,17H,5,9,12-15H2,1-4H3,(H2,20,21,22);1H. The van der Waals surface area contributed by atoms with Crippen LogP contribution in [0.3, 0.4) is 0 Å². The Morgan fingerprint density at radius 2 is 1.96 bits per heavy atom. The Morgan fingerprint density at radius 1 is 1.25 bits per heavy atom. The van der Waals surface area contributed by atoms with Gasteiger partial charge in [0.25, 0.3) is 0 Å². The molecule has 4 nitrogen and oxygen atoms in total. The minimum Gasteiger partial charge on any atom is -0.357 e. The van der Waals surface area contributed by atoms with Crippen LogP contribution in [-0.2, 0) is 6.54 Å². The summed E-state index contributed by atoms with van der Waals surface area (Å²) in [6.45, 7) is 12.6. The fourth-order valence-electron chi connectivity index (χ4n) is 2.99. The Hall–Kier alpha value is -0.820. The van der Waals surface area contributed by atoms with E-state index in [0.29, 0.717) is 6.04 Å². The summed E-state index contributed by atoms with van der Waals surface area (Å²) >= 11 is 0. The summed E-state index contributed by atoms with van der Waals surface area (Å²) in [4.78, 5) is 7.39. The van der Waals surface area contributed by atoms with Gasteiger partial charge in [-0.3, -0.25) is 9.89 Å². The van der Waals surface area contributed by atoms with Crippen molar-refractivity contribution < 1.29 is 0 Å². The summed E-state index contributed by atoms with van der Waals surface area (Å²) < 4.78 is 0. The first kappa shape index (κ1) is 21.2. The Kier molecular flexibility index (Phi) is 9.05. The van der Waals surface area contributed by atoms with Gasteiger partial charge in [-0.2, -0.15) is 0 Å². The van der Waals surface area contributed by atoms with Crippen molar-refractivity contribution in [2.45, 2.75) is 58.7 Å². The Balaban J connectivity index is 0.00000288. The molecule has 1 atom stereocenters. The van der Waals surface area contributed by atoms with Gasteiger partial charge in [0.05, 0.1) is 6.54 Å². The lowest BCUT2D eigenvalue weighted by atomic mass is 10.1. The predicted octanol–water partition coefficient (Wildman–Crippen LogP) is 3.62. The molecular weight excluding hydrogens is 411 g/mol. The molecule has 1 aromatic rings. The van der Waals surface area contributed by atoms with Gasteiger partial charge in [0.1, 0.15) is 0 Å². The number of nitrogens with zero attached hydrogens (tertiary/aromatic N) is 2. The third-order valence-electron chi connectivity index (χ3n) is 4.03. The maximum absolute atomic E-state index is 4.83. The number of hydrogen-bond donors (Lipinski definition) is 2. The molecule has 1 aliphatic rings. The molecule has 1 aliphatic heterocycles. The fraction of sp³-hybridized carbons (Fsp3) is 0.632. The quantitative estimate of drug-likeness (QED) is 0.414. The number of nitrogens with one attached hydrogen (secondary N) is 2. The first-order valence-corrected chi connectivity index (χ1v) is 8.82. The molecule has 0 bridgehead atoms. The van der Waals surface area contributed by atoms with Gasteiger partial charge in [0.2, 0.25) is 0 Å². The molecule has 0 aromatic heterocycles. The van der Waals surface area contributed by atoms with E-state index in [1.54, 1.807) is 0 Å². The van der Waals surface area contributed by atoms with E-state index in [9.17, 15) is 0 Å². The van der Waals surface area contributed by atoms with Gasteiger partial charge in [-0.1, -0.05) is 30.3 Å². The van der Waals surface area contributed by atoms with Crippen LogP contribution < -0.4 is 10.6 Å². The molecule has 0 aliphatic carbocycles. The second-order valence-electron chi connectivity index (χ2n) is 7.35. The third-order valence-corrected chi connectivity index (χ3v) is 4.03. The molecule has 0 saturated carbocycles. The molecule has 1 unspecified atom stereocenters. The second-order valence-corrected chi connectivity index (χ2v) is 7.35. The number of likely N-dealkylation sites (tertiary alicyclic amines) is 1. The van der Waals surface area contributed by atoms with Crippen molar-refractivity contribution >= 4 is 29.9 Å². The average Bonchev–Trinajstić information content (AvgIpc) is 2.92. The molecule has 2 N–H and O–H groups in total. The number of guanidine groups is 1. The number of aliphatic imine (C=N–C) groups is 1. The van der Waals surface area contributed by atoms with E-state index in [1.165, 1.54) is 24.9 Å². The van der Waals surface area contributed by atoms with Crippen molar-refractivity contribution in [3.63, 3.8) is 0 Å². The van der Waals surface area contributed by atoms with Gasteiger partial charge in [-0.25, -0.2) is 0 Å². The molecule has 1 fully saturated rings. The largest absolute Gasteiger partial charge is 0.357 e. The van der Waals surface area contributed by atoms with Crippen molar-refractivity contribution in [3.8, 4) is 0 Å². The van der Waals surface area contributed by atoms with Crippen LogP contribution in [-0.4, -0.2) is 42.1 Å². The highest BCUT2D eigenvalue weighted by molar-refractivity contribution is 14.0. The Bertz CT molecular complexity index is 496. The zero-order chi connectivity index (χ0) is 16.7. The van der Waals surface area contributed by atoms with E-state index in [2.05, 4.69) is 73.6 Å². The minimum absolute atomic E-state index is 0. The van der Waals surface area contributed by atoms with Crippen LogP contribution in [0.2, 0.25) is 0 Å². The highest BCUT2D eigenvalue weighted by Crippen LogP contribution is 2.20. The maximum atomic E-state index is 4.83. The summed E-state index contributed by atoms with van der Waals surface area (Å²) in [6, 6.07) is 11.3. The molecule has 5 heteroatoms. The van der Waals surface area contributed by atoms with Gasteiger partial charge in [-0.15, -0.1) is 24.0 Å². The number of rotatable bonds is 5. The molecule has 1 aromatic carbocycles. The molecule has 1 saturated heterocycles. The van der Waals surface area contributed by atoms with E-state index < -0.39 is 0 Å². The number of hydrogen-bond acceptors (Lipinski definition) is 2. The number of halogens is 1. The lowest BCUT2D eigenvalue weighted by molar-refractivity contribution is 0.250. The maximum Gasteiger partial charge on any atom is 0.191 e. The van der Waals surface area contributed by atoms with Crippen LogP contribution in [0.5, 0.6) is 0 Å². The van der Waals surface area contributed by atoms with E-state index >= 15 is 0 Å². The van der Waals surface area contributed by atoms with Gasteiger partial charge in [-0.05, 0) is 52.6 Å². The smallest absolute Gasteiger partial charge is 0.191 e. The molecule has 0 amide bonds. The first-order chi connectivity index (χ1) is 11.0. The van der Waals surface area contributed by atoms with Crippen molar-refractivity contribution in [3.05, 3.63) is 35.9 Å². The van der Waals surface area contributed by atoms with E-state index in [1.807, 2.05) is 0 Å². The molecule has 0 radical (unpaired) electrons. The normalized spacial score (nSPS) is 19.0. The zero-order valence-electron chi connectivity index (χ0n) is 15.5. The fourth-order valence-corrected chi connectivity index (χ4v) is 2.99. The molecule has 0 spiro atoms. The molecule has 2 rings (SSSR count). The topological polar surface area (TPSA) is 39.7 Å². The van der Waals surface area contributed by atoms with Crippen molar-refractivity contribution in [2.24, 2.45) is 4.99 Å². The Labute approximate surface area is 164 Å². The average molecular weight is 444 g/mol. The zero-order valence-corrected chi connectivity index (χ0v) is 17.8. The van der Waals surface area contributed by atoms with Gasteiger partial charge >= 0.3 is 0 Å². The highest BCUT2D eigenvalue weighted by Gasteiger charge is 2.24. The SMILES string of the molecule is CCNC(=NCC1CCCN1Cc1ccccc1)NC(C)(C)C.I. The van der Waals surface area contributed by atoms with Crippen LogP contribution in [0.1, 0.15) is 46.1 Å². The highest BCUT2D eigenvalue weighted by atomic mass is 127. The summed E-state index contributed by atoms with van der Waals surface area (Å²) in [7, 11) is 0. The van der Waals surface area contributed by atoms with Gasteiger partial charge in [0, 0.05) is 24.7 Å². The van der Waals surface area contributed by atoms with Gasteiger partial charge < -0.3 is 10.6 Å². The lowest BCUT2D eigenvalue weighted by Gasteiger charge is -2.26. The monoisotopic (exact) mass is 444 g/mol. The van der Waals surface area contributed by atoms with Crippen LogP contribution in [0.4, 0.5) is 0 Å². The molecule has 1 heterocycles. The van der Waals surface area contributed by atoms with Crippen molar-refractivity contribution in [2.75, 3.05) is 19.6 Å². The van der Waals surface area contributed by atoms with Crippen LogP contribution in [0.25, 0.3) is 0 Å². The number of benzene rings is 1. The second kappa shape index (κ2) is 10.2. The molecule has 136 valence electrons. The van der Waals surface area contributed by atoms with Crippen molar-refractivity contribution in [1.29, 1.82) is 0 Å². The third kappa shape index (κ3) is 7.38. The summed E-state index contributed by atoms with van der Waals surface area (Å²) in [5.74, 6) is 0.923. The van der Waals surface area contributed by atoms with E-state index in [-0.39, 0.29) is 29.5 Å². The lowest BCUT2D eigenvalue weighted by Crippen LogP contribution is -2.48.